The van der Waals surface area contributed by atoms with Gasteiger partial charge in [-0.25, -0.2) is 13.4 Å². The largest absolute Gasteiger partial charge is 0.370 e. The highest BCUT2D eigenvalue weighted by Gasteiger charge is 2.27. The van der Waals surface area contributed by atoms with Crippen molar-refractivity contribution in [1.82, 2.24) is 9.29 Å². The van der Waals surface area contributed by atoms with Gasteiger partial charge in [0.05, 0.1) is 21.8 Å². The lowest BCUT2D eigenvalue weighted by atomic mass is 10.2. The number of hydrogen-bond acceptors (Lipinski definition) is 5. The van der Waals surface area contributed by atoms with Gasteiger partial charge in [-0.2, -0.15) is 4.31 Å². The summed E-state index contributed by atoms with van der Waals surface area (Å²) in [6, 6.07) is 8.12. The number of aromatic nitrogens is 1. The van der Waals surface area contributed by atoms with Crippen LogP contribution in [0.15, 0.2) is 41.4 Å². The second-order valence-corrected chi connectivity index (χ2v) is 9.41. The van der Waals surface area contributed by atoms with Gasteiger partial charge in [0.25, 0.3) is 5.91 Å². The Hall–Kier alpha value is -2.16. The normalized spacial score (nSPS) is 15.0. The molecule has 1 saturated heterocycles. The Balaban J connectivity index is 2.00. The van der Waals surface area contributed by atoms with Crippen molar-refractivity contribution in [2.75, 3.05) is 36.4 Å². The number of hydrogen-bond donors (Lipinski definition) is 1. The fourth-order valence-electron chi connectivity index (χ4n) is 3.62. The minimum atomic E-state index is -3.62. The number of piperidine rings is 1. The smallest absolute Gasteiger partial charge is 0.258 e. The van der Waals surface area contributed by atoms with E-state index < -0.39 is 15.9 Å². The van der Waals surface area contributed by atoms with Crippen LogP contribution in [0.4, 0.5) is 11.4 Å². The second-order valence-electron chi connectivity index (χ2n) is 7.11. The van der Waals surface area contributed by atoms with Crippen LogP contribution >= 0.6 is 11.6 Å². The summed E-state index contributed by atoms with van der Waals surface area (Å²) in [6.07, 6.45) is 4.27. The number of amides is 1. The van der Waals surface area contributed by atoms with Gasteiger partial charge in [-0.1, -0.05) is 18.0 Å². The minimum Gasteiger partial charge on any atom is -0.370 e. The average Bonchev–Trinajstić information content (AvgIpc) is 2.76. The van der Waals surface area contributed by atoms with E-state index in [0.29, 0.717) is 31.9 Å². The third kappa shape index (κ3) is 4.77. The number of sulfonamides is 1. The molecule has 9 heteroatoms. The fraction of sp³-hybridized carbons (Fsp3) is 0.429. The molecule has 1 fully saturated rings. The number of benzene rings is 1. The van der Waals surface area contributed by atoms with Crippen LogP contribution in [0.1, 0.15) is 43.5 Å². The van der Waals surface area contributed by atoms with Crippen LogP contribution in [0.2, 0.25) is 5.15 Å². The van der Waals surface area contributed by atoms with Crippen molar-refractivity contribution in [2.45, 2.75) is 38.0 Å². The molecule has 1 aromatic heterocycles. The monoisotopic (exact) mass is 450 g/mol. The average molecular weight is 451 g/mol. The number of halogens is 1. The van der Waals surface area contributed by atoms with Gasteiger partial charge in [0, 0.05) is 32.4 Å². The van der Waals surface area contributed by atoms with Crippen LogP contribution in [0.25, 0.3) is 0 Å². The second kappa shape index (κ2) is 9.76. The summed E-state index contributed by atoms with van der Waals surface area (Å²) >= 11 is 6.06. The zero-order valence-corrected chi connectivity index (χ0v) is 18.8. The Bertz CT molecular complexity index is 1000. The maximum Gasteiger partial charge on any atom is 0.258 e. The van der Waals surface area contributed by atoms with E-state index in [-0.39, 0.29) is 15.6 Å². The maximum atomic E-state index is 13.1. The lowest BCUT2D eigenvalue weighted by Crippen LogP contribution is -2.35. The summed E-state index contributed by atoms with van der Waals surface area (Å²) in [5.41, 5.74) is 1.42. The minimum absolute atomic E-state index is 0.0940. The number of carbonyl (C=O) groups is 1. The van der Waals surface area contributed by atoms with E-state index in [1.165, 1.54) is 10.5 Å². The van der Waals surface area contributed by atoms with Gasteiger partial charge < -0.3 is 10.2 Å². The molecule has 0 spiro atoms. The van der Waals surface area contributed by atoms with Crippen LogP contribution in [0.5, 0.6) is 0 Å². The molecule has 7 nitrogen and oxygen atoms in total. The van der Waals surface area contributed by atoms with Gasteiger partial charge in [0.15, 0.2) is 0 Å². The zero-order chi connectivity index (χ0) is 21.7. The summed E-state index contributed by atoms with van der Waals surface area (Å²) in [4.78, 5) is 19.0. The van der Waals surface area contributed by atoms with Gasteiger partial charge in [0.2, 0.25) is 10.0 Å². The number of nitrogens with zero attached hydrogens (tertiary/aromatic N) is 3. The topological polar surface area (TPSA) is 82.6 Å². The molecule has 0 radical (unpaired) electrons. The van der Waals surface area contributed by atoms with Crippen LogP contribution in [0, 0.1) is 0 Å². The quantitative estimate of drug-likeness (QED) is 0.644. The van der Waals surface area contributed by atoms with Gasteiger partial charge in [-0.05, 0) is 57.0 Å². The van der Waals surface area contributed by atoms with Gasteiger partial charge in [-0.15, -0.1) is 0 Å². The first-order valence-corrected chi connectivity index (χ1v) is 12.0. The molecule has 0 unspecified atom stereocenters. The van der Waals surface area contributed by atoms with Crippen molar-refractivity contribution < 1.29 is 13.2 Å². The molecule has 0 aliphatic carbocycles. The number of pyridine rings is 1. The zero-order valence-electron chi connectivity index (χ0n) is 17.3. The predicted octanol–water partition coefficient (Wildman–Crippen LogP) is 4.01. The van der Waals surface area contributed by atoms with Crippen LogP contribution in [0.3, 0.4) is 0 Å². The van der Waals surface area contributed by atoms with E-state index in [9.17, 15) is 13.2 Å². The van der Waals surface area contributed by atoms with Gasteiger partial charge in [-0.3, -0.25) is 4.79 Å². The highest BCUT2D eigenvalue weighted by molar-refractivity contribution is 7.89. The first-order chi connectivity index (χ1) is 14.4. The molecule has 2 heterocycles. The van der Waals surface area contributed by atoms with Crippen molar-refractivity contribution in [3.8, 4) is 0 Å². The molecule has 2 aromatic rings. The Morgan fingerprint density at radius 3 is 2.50 bits per heavy atom. The van der Waals surface area contributed by atoms with Gasteiger partial charge in [0.1, 0.15) is 5.15 Å². The number of nitrogens with one attached hydrogen (secondary N) is 1. The summed E-state index contributed by atoms with van der Waals surface area (Å²) in [7, 11) is -3.62. The molecule has 3 rings (SSSR count). The molecule has 1 aromatic carbocycles. The summed E-state index contributed by atoms with van der Waals surface area (Å²) in [6.45, 7) is 6.48. The summed E-state index contributed by atoms with van der Waals surface area (Å²) in [5, 5.41) is 2.94. The van der Waals surface area contributed by atoms with E-state index in [0.717, 1.165) is 24.9 Å². The lowest BCUT2D eigenvalue weighted by molar-refractivity contribution is 0.102. The lowest BCUT2D eigenvalue weighted by Gasteiger charge is -2.28. The van der Waals surface area contributed by atoms with E-state index in [2.05, 4.69) is 15.2 Å². The molecule has 1 aliphatic rings. The Morgan fingerprint density at radius 2 is 1.87 bits per heavy atom. The molecule has 162 valence electrons. The molecular formula is C21H27ClN4O3S. The standard InChI is InChI=1S/C21H27ClN4O3S/c1-3-25(4-2)19-11-10-16(30(28,29)26-13-6-5-7-14-26)15-18(19)24-21(27)17-9-8-12-23-20(17)22/h8-12,15H,3-7,13-14H2,1-2H3,(H,24,27). The maximum absolute atomic E-state index is 13.1. The van der Waals surface area contributed by atoms with E-state index in [1.807, 2.05) is 13.8 Å². The molecule has 1 aliphatic heterocycles. The molecule has 30 heavy (non-hydrogen) atoms. The predicted molar refractivity (Wildman–Crippen MR) is 120 cm³/mol. The van der Waals surface area contributed by atoms with E-state index in [4.69, 9.17) is 11.6 Å². The third-order valence-corrected chi connectivity index (χ3v) is 7.47. The van der Waals surface area contributed by atoms with Gasteiger partial charge >= 0.3 is 0 Å². The Morgan fingerprint density at radius 1 is 1.17 bits per heavy atom. The van der Waals surface area contributed by atoms with Crippen LogP contribution in [-0.2, 0) is 10.0 Å². The van der Waals surface area contributed by atoms with Crippen molar-refractivity contribution in [3.05, 3.63) is 47.2 Å². The molecule has 0 saturated carbocycles. The van der Waals surface area contributed by atoms with Crippen molar-refractivity contribution >= 4 is 38.9 Å². The van der Waals surface area contributed by atoms with Crippen molar-refractivity contribution in [1.29, 1.82) is 0 Å². The molecule has 1 amide bonds. The molecule has 0 bridgehead atoms. The molecular weight excluding hydrogens is 424 g/mol. The Kier molecular flexibility index (Phi) is 7.33. The first kappa shape index (κ1) is 22.5. The number of carbonyl (C=O) groups excluding carboxylic acids is 1. The first-order valence-electron chi connectivity index (χ1n) is 10.2. The van der Waals surface area contributed by atoms with Crippen LogP contribution < -0.4 is 10.2 Å². The Labute approximate surface area is 183 Å². The number of rotatable bonds is 7. The van der Waals surface area contributed by atoms with Crippen LogP contribution in [-0.4, -0.2) is 49.8 Å². The van der Waals surface area contributed by atoms with E-state index >= 15 is 0 Å². The highest BCUT2D eigenvalue weighted by Crippen LogP contribution is 2.31. The van der Waals surface area contributed by atoms with Crippen molar-refractivity contribution in [3.63, 3.8) is 0 Å². The fourth-order valence-corrected chi connectivity index (χ4v) is 5.36. The van der Waals surface area contributed by atoms with E-state index in [1.54, 1.807) is 30.3 Å². The third-order valence-electron chi connectivity index (χ3n) is 5.28. The highest BCUT2D eigenvalue weighted by atomic mass is 35.5. The SMILES string of the molecule is CCN(CC)c1ccc(S(=O)(=O)N2CCCCC2)cc1NC(=O)c1cccnc1Cl. The number of anilines is 2. The molecule has 1 N–H and O–H groups in total. The summed E-state index contributed by atoms with van der Waals surface area (Å²) < 4.78 is 27.8. The van der Waals surface area contributed by atoms with Crippen molar-refractivity contribution in [2.24, 2.45) is 0 Å². The summed E-state index contributed by atoms with van der Waals surface area (Å²) in [5.74, 6) is -0.436. The molecule has 0 atom stereocenters.